The van der Waals surface area contributed by atoms with Crippen molar-refractivity contribution in [2.75, 3.05) is 20.8 Å². The van der Waals surface area contributed by atoms with Crippen LogP contribution >= 0.6 is 0 Å². The Bertz CT molecular complexity index is 1260. The van der Waals surface area contributed by atoms with Crippen LogP contribution in [-0.2, 0) is 17.8 Å². The van der Waals surface area contributed by atoms with Gasteiger partial charge in [-0.05, 0) is 56.0 Å². The van der Waals surface area contributed by atoms with Crippen LogP contribution in [0.25, 0.3) is 10.9 Å². The van der Waals surface area contributed by atoms with Crippen molar-refractivity contribution in [2.45, 2.75) is 64.1 Å². The summed E-state index contributed by atoms with van der Waals surface area (Å²) in [6.07, 6.45) is 6.52. The highest BCUT2D eigenvalue weighted by molar-refractivity contribution is 6.06. The molecule has 36 heavy (non-hydrogen) atoms. The van der Waals surface area contributed by atoms with Gasteiger partial charge in [-0.15, -0.1) is 0 Å². The zero-order chi connectivity index (χ0) is 25.4. The molecule has 3 aromatic rings. The van der Waals surface area contributed by atoms with Crippen LogP contribution in [0.15, 0.2) is 41.0 Å². The molecule has 2 amide bonds. The summed E-state index contributed by atoms with van der Waals surface area (Å²) in [5.41, 5.74) is 0.188. The number of fused-ring (bicyclic) bond motifs is 3. The topological polar surface area (TPSA) is 85.9 Å². The van der Waals surface area contributed by atoms with Gasteiger partial charge in [0, 0.05) is 24.4 Å². The van der Waals surface area contributed by atoms with Crippen LogP contribution in [-0.4, -0.2) is 53.6 Å². The molecule has 8 heteroatoms. The van der Waals surface area contributed by atoms with Crippen molar-refractivity contribution >= 4 is 22.7 Å². The van der Waals surface area contributed by atoms with E-state index in [-0.39, 0.29) is 17.9 Å². The minimum Gasteiger partial charge on any atom is -0.496 e. The van der Waals surface area contributed by atoms with Gasteiger partial charge in [-0.2, -0.15) is 0 Å². The number of furan rings is 1. The van der Waals surface area contributed by atoms with E-state index in [0.29, 0.717) is 42.6 Å². The third-order valence-corrected chi connectivity index (χ3v) is 8.03. The summed E-state index contributed by atoms with van der Waals surface area (Å²) in [6.45, 7) is 4.75. The number of benzene rings is 1. The first-order chi connectivity index (χ1) is 17.4. The molecular formula is C28H35N3O5. The Kier molecular flexibility index (Phi) is 6.45. The van der Waals surface area contributed by atoms with E-state index >= 15 is 0 Å². The average molecular weight is 494 g/mol. The highest BCUT2D eigenvalue weighted by Gasteiger charge is 2.48. The van der Waals surface area contributed by atoms with Crippen LogP contribution in [0, 0.1) is 5.92 Å². The summed E-state index contributed by atoms with van der Waals surface area (Å²) in [6, 6.07) is 9.36. The number of nitrogens with zero attached hydrogens (tertiary/aromatic N) is 2. The van der Waals surface area contributed by atoms with Crippen molar-refractivity contribution in [3.05, 3.63) is 48.0 Å². The van der Waals surface area contributed by atoms with Gasteiger partial charge in [0.1, 0.15) is 28.5 Å². The van der Waals surface area contributed by atoms with Gasteiger partial charge in [-0.1, -0.05) is 19.8 Å². The Morgan fingerprint density at radius 1 is 1.17 bits per heavy atom. The predicted molar refractivity (Wildman–Crippen MR) is 136 cm³/mol. The second-order valence-electron chi connectivity index (χ2n) is 10.2. The molecule has 2 aromatic heterocycles. The van der Waals surface area contributed by atoms with Crippen molar-refractivity contribution in [1.82, 2.24) is 14.8 Å². The van der Waals surface area contributed by atoms with Gasteiger partial charge in [-0.25, -0.2) is 0 Å². The van der Waals surface area contributed by atoms with Gasteiger partial charge in [-0.3, -0.25) is 9.59 Å². The Morgan fingerprint density at radius 2 is 1.92 bits per heavy atom. The van der Waals surface area contributed by atoms with E-state index in [1.165, 1.54) is 6.42 Å². The van der Waals surface area contributed by atoms with Crippen LogP contribution in [0.5, 0.6) is 11.5 Å². The number of aromatic nitrogens is 1. The van der Waals surface area contributed by atoms with E-state index in [1.54, 1.807) is 25.4 Å². The summed E-state index contributed by atoms with van der Waals surface area (Å²) in [4.78, 5) is 29.7. The molecule has 1 fully saturated rings. The molecule has 192 valence electrons. The number of amides is 2. The Labute approximate surface area is 211 Å². The zero-order valence-corrected chi connectivity index (χ0v) is 21.5. The lowest BCUT2D eigenvalue weighted by Gasteiger charge is -2.45. The molecule has 1 aliphatic carbocycles. The van der Waals surface area contributed by atoms with E-state index in [4.69, 9.17) is 13.9 Å². The molecule has 1 aliphatic heterocycles. The maximum atomic E-state index is 14.0. The number of rotatable bonds is 7. The van der Waals surface area contributed by atoms with Crippen LogP contribution < -0.4 is 14.8 Å². The molecular weight excluding hydrogens is 458 g/mol. The smallest absolute Gasteiger partial charge is 0.271 e. The lowest BCUT2D eigenvalue weighted by molar-refractivity contribution is -0.134. The molecule has 1 saturated carbocycles. The highest BCUT2D eigenvalue weighted by atomic mass is 16.5. The molecule has 3 heterocycles. The quantitative estimate of drug-likeness (QED) is 0.527. The van der Waals surface area contributed by atoms with Gasteiger partial charge in [0.2, 0.25) is 5.91 Å². The number of nitrogens with one attached hydrogen (secondary N) is 1. The first kappa shape index (κ1) is 24.3. The SMILES string of the molecule is COc1ccc(OC)c2c1cc1n2CC(C)(C(=O)NC2CCCCC2C)N(CCc2ccco2)C1=O. The molecule has 2 aliphatic rings. The maximum Gasteiger partial charge on any atom is 0.271 e. The van der Waals surface area contributed by atoms with E-state index < -0.39 is 5.54 Å². The maximum absolute atomic E-state index is 14.0. The molecule has 1 N–H and O–H groups in total. The average Bonchev–Trinajstić information content (AvgIpc) is 3.53. The lowest BCUT2D eigenvalue weighted by atomic mass is 9.85. The molecule has 3 atom stereocenters. The third-order valence-electron chi connectivity index (χ3n) is 8.03. The molecule has 8 nitrogen and oxygen atoms in total. The fourth-order valence-electron chi connectivity index (χ4n) is 5.84. The van der Waals surface area contributed by atoms with Crippen molar-refractivity contribution in [2.24, 2.45) is 5.92 Å². The van der Waals surface area contributed by atoms with Gasteiger partial charge >= 0.3 is 0 Å². The summed E-state index contributed by atoms with van der Waals surface area (Å²) in [5, 5.41) is 4.11. The first-order valence-corrected chi connectivity index (χ1v) is 12.8. The van der Waals surface area contributed by atoms with E-state index in [1.807, 2.05) is 41.8 Å². The third kappa shape index (κ3) is 4.02. The van der Waals surface area contributed by atoms with Crippen LogP contribution in [0.1, 0.15) is 55.8 Å². The summed E-state index contributed by atoms with van der Waals surface area (Å²) in [7, 11) is 3.22. The van der Waals surface area contributed by atoms with Gasteiger partial charge in [0.15, 0.2) is 0 Å². The van der Waals surface area contributed by atoms with Crippen LogP contribution in [0.3, 0.4) is 0 Å². The van der Waals surface area contributed by atoms with Gasteiger partial charge in [0.25, 0.3) is 5.91 Å². The highest BCUT2D eigenvalue weighted by Crippen LogP contribution is 2.40. The first-order valence-electron chi connectivity index (χ1n) is 12.8. The Morgan fingerprint density at radius 3 is 2.61 bits per heavy atom. The normalized spacial score (nSPS) is 24.0. The van der Waals surface area contributed by atoms with Crippen molar-refractivity contribution in [3.63, 3.8) is 0 Å². The molecule has 1 aromatic carbocycles. The molecule has 0 saturated heterocycles. The number of carbonyl (C=O) groups is 2. The van der Waals surface area contributed by atoms with E-state index in [2.05, 4.69) is 12.2 Å². The predicted octanol–water partition coefficient (Wildman–Crippen LogP) is 4.40. The lowest BCUT2D eigenvalue weighted by Crippen LogP contribution is -2.65. The summed E-state index contributed by atoms with van der Waals surface area (Å²) >= 11 is 0. The molecule has 0 radical (unpaired) electrons. The van der Waals surface area contributed by atoms with Crippen molar-refractivity contribution in [3.8, 4) is 11.5 Å². The fraction of sp³-hybridized carbons (Fsp3) is 0.500. The monoisotopic (exact) mass is 493 g/mol. The molecule has 0 bridgehead atoms. The van der Waals surface area contributed by atoms with Crippen molar-refractivity contribution < 1.29 is 23.5 Å². The van der Waals surface area contributed by atoms with Gasteiger partial charge < -0.3 is 28.7 Å². The Balaban J connectivity index is 1.57. The minimum atomic E-state index is -1.09. The molecule has 5 rings (SSSR count). The summed E-state index contributed by atoms with van der Waals surface area (Å²) in [5.74, 6) is 2.17. The largest absolute Gasteiger partial charge is 0.496 e. The number of hydrogen-bond donors (Lipinski definition) is 1. The van der Waals surface area contributed by atoms with E-state index in [0.717, 1.165) is 35.9 Å². The molecule has 0 spiro atoms. The second-order valence-corrected chi connectivity index (χ2v) is 10.2. The van der Waals surface area contributed by atoms with Crippen LogP contribution in [0.4, 0.5) is 0 Å². The van der Waals surface area contributed by atoms with Gasteiger partial charge in [0.05, 0.1) is 32.5 Å². The number of carbonyl (C=O) groups excluding carboxylic acids is 2. The second kappa shape index (κ2) is 9.56. The number of methoxy groups -OCH3 is 2. The standard InChI is InChI=1S/C28H35N3O5/c1-18-8-5-6-10-21(18)29-27(33)28(2)17-30-22(26(32)31(28)14-13-19-9-7-15-36-19)16-20-23(34-3)11-12-24(35-4)25(20)30/h7,9,11-12,15-16,18,21H,5-6,8,10,13-14,17H2,1-4H3,(H,29,33). The number of ether oxygens (including phenoxy) is 2. The zero-order valence-electron chi connectivity index (χ0n) is 21.5. The minimum absolute atomic E-state index is 0.113. The fourth-order valence-corrected chi connectivity index (χ4v) is 5.84. The van der Waals surface area contributed by atoms with Crippen LogP contribution in [0.2, 0.25) is 0 Å². The van der Waals surface area contributed by atoms with E-state index in [9.17, 15) is 9.59 Å². The van der Waals surface area contributed by atoms with Crippen molar-refractivity contribution in [1.29, 1.82) is 0 Å². The Hall–Kier alpha value is -3.42. The molecule has 3 unspecified atom stereocenters. The number of hydrogen-bond acceptors (Lipinski definition) is 5. The summed E-state index contributed by atoms with van der Waals surface area (Å²) < 4.78 is 18.7.